The number of anilines is 1. The summed E-state index contributed by atoms with van der Waals surface area (Å²) in [5, 5.41) is 0.832. The van der Waals surface area contributed by atoms with Crippen molar-refractivity contribution in [1.29, 1.82) is 0 Å². The van der Waals surface area contributed by atoms with Gasteiger partial charge in [0.25, 0.3) is 10.0 Å². The molecule has 3 rings (SSSR count). The van der Waals surface area contributed by atoms with Crippen LogP contribution in [0.1, 0.15) is 23.0 Å². The van der Waals surface area contributed by atoms with Gasteiger partial charge in [0.05, 0.1) is 17.1 Å². The molecule has 0 saturated carbocycles. The highest BCUT2D eigenvalue weighted by Gasteiger charge is 2.16. The maximum absolute atomic E-state index is 12.6. The molecule has 6 nitrogen and oxygen atoms in total. The van der Waals surface area contributed by atoms with Crippen LogP contribution in [-0.4, -0.2) is 26.0 Å². The molecule has 0 amide bonds. The Balaban J connectivity index is 1.83. The van der Waals surface area contributed by atoms with Crippen LogP contribution >= 0.6 is 0 Å². The van der Waals surface area contributed by atoms with Crippen molar-refractivity contribution in [2.75, 3.05) is 11.3 Å². The Hall–Kier alpha value is -2.80. The van der Waals surface area contributed by atoms with E-state index in [0.29, 0.717) is 11.3 Å². The summed E-state index contributed by atoms with van der Waals surface area (Å²) in [4.78, 5) is 15.0. The second-order valence-corrected chi connectivity index (χ2v) is 7.29. The second kappa shape index (κ2) is 6.60. The number of ether oxygens (including phenoxy) is 1. The van der Waals surface area contributed by atoms with E-state index in [4.69, 9.17) is 4.74 Å². The van der Waals surface area contributed by atoms with E-state index in [1.54, 1.807) is 25.1 Å². The maximum atomic E-state index is 12.6. The van der Waals surface area contributed by atoms with Gasteiger partial charge in [-0.15, -0.1) is 0 Å². The lowest BCUT2D eigenvalue weighted by Crippen LogP contribution is -2.13. The Kier molecular flexibility index (Phi) is 4.50. The lowest BCUT2D eigenvalue weighted by atomic mass is 10.2. The van der Waals surface area contributed by atoms with Gasteiger partial charge in [0.15, 0.2) is 0 Å². The third-order valence-electron chi connectivity index (χ3n) is 3.69. The Morgan fingerprint density at radius 1 is 1.12 bits per heavy atom. The molecule has 1 aromatic heterocycles. The predicted octanol–water partition coefficient (Wildman–Crippen LogP) is 3.45. The van der Waals surface area contributed by atoms with Crippen molar-refractivity contribution in [3.05, 3.63) is 59.8 Å². The zero-order valence-corrected chi connectivity index (χ0v) is 14.7. The number of esters is 1. The Bertz CT molecular complexity index is 1020. The summed E-state index contributed by atoms with van der Waals surface area (Å²) >= 11 is 0. The van der Waals surface area contributed by atoms with Gasteiger partial charge in [-0.3, -0.25) is 4.72 Å². The number of benzene rings is 2. The van der Waals surface area contributed by atoms with Crippen LogP contribution in [0, 0.1) is 6.92 Å². The summed E-state index contributed by atoms with van der Waals surface area (Å²) in [6.07, 6.45) is 0. The highest BCUT2D eigenvalue weighted by molar-refractivity contribution is 7.92. The van der Waals surface area contributed by atoms with E-state index in [9.17, 15) is 13.2 Å². The minimum atomic E-state index is -3.72. The van der Waals surface area contributed by atoms with E-state index >= 15 is 0 Å². The molecule has 3 aromatic rings. The molecule has 130 valence electrons. The number of H-pyrrole nitrogens is 1. The first kappa shape index (κ1) is 17.0. The van der Waals surface area contributed by atoms with Crippen molar-refractivity contribution < 1.29 is 17.9 Å². The van der Waals surface area contributed by atoms with Crippen molar-refractivity contribution in [3.63, 3.8) is 0 Å². The van der Waals surface area contributed by atoms with Crippen LogP contribution in [0.4, 0.5) is 5.69 Å². The minimum absolute atomic E-state index is 0.175. The number of aryl methyl sites for hydroxylation is 1. The van der Waals surface area contributed by atoms with Crippen LogP contribution < -0.4 is 4.72 Å². The van der Waals surface area contributed by atoms with E-state index in [2.05, 4.69) is 9.71 Å². The Morgan fingerprint density at radius 3 is 2.52 bits per heavy atom. The highest BCUT2D eigenvalue weighted by atomic mass is 32.2. The van der Waals surface area contributed by atoms with Crippen molar-refractivity contribution >= 4 is 32.6 Å². The molecule has 0 saturated heterocycles. The molecule has 1 heterocycles. The first-order chi connectivity index (χ1) is 11.9. The molecular formula is C18H18N2O4S. The molecule has 0 spiro atoms. The van der Waals surface area contributed by atoms with Crippen LogP contribution in [0.3, 0.4) is 0 Å². The molecule has 0 aliphatic carbocycles. The third-order valence-corrected chi connectivity index (χ3v) is 5.06. The Labute approximate surface area is 145 Å². The quantitative estimate of drug-likeness (QED) is 0.684. The number of hydrogen-bond donors (Lipinski definition) is 2. The fourth-order valence-corrected chi connectivity index (χ4v) is 3.62. The number of rotatable bonds is 5. The van der Waals surface area contributed by atoms with Gasteiger partial charge in [-0.1, -0.05) is 0 Å². The number of nitrogens with one attached hydrogen (secondary N) is 2. The van der Waals surface area contributed by atoms with Crippen LogP contribution in [0.25, 0.3) is 10.9 Å². The van der Waals surface area contributed by atoms with Crippen LogP contribution in [0.5, 0.6) is 0 Å². The number of aromatic amines is 1. The average Bonchev–Trinajstić information content (AvgIpc) is 2.94. The summed E-state index contributed by atoms with van der Waals surface area (Å²) in [6.45, 7) is 3.93. The molecule has 0 unspecified atom stereocenters. The average molecular weight is 358 g/mol. The number of sulfonamides is 1. The molecule has 7 heteroatoms. The zero-order chi connectivity index (χ0) is 18.0. The normalized spacial score (nSPS) is 11.4. The van der Waals surface area contributed by atoms with E-state index < -0.39 is 16.0 Å². The molecule has 0 aliphatic heterocycles. The van der Waals surface area contributed by atoms with Crippen molar-refractivity contribution in [3.8, 4) is 0 Å². The van der Waals surface area contributed by atoms with Gasteiger partial charge in [0, 0.05) is 22.3 Å². The van der Waals surface area contributed by atoms with E-state index in [-0.39, 0.29) is 11.5 Å². The van der Waals surface area contributed by atoms with E-state index in [1.807, 2.05) is 13.0 Å². The van der Waals surface area contributed by atoms with Crippen LogP contribution in [0.2, 0.25) is 0 Å². The zero-order valence-electron chi connectivity index (χ0n) is 13.9. The van der Waals surface area contributed by atoms with Crippen molar-refractivity contribution in [2.24, 2.45) is 0 Å². The number of carbonyl (C=O) groups excluding carboxylic acids is 1. The van der Waals surface area contributed by atoms with Crippen LogP contribution in [0.15, 0.2) is 53.4 Å². The standard InChI is InChI=1S/C18H18N2O4S/c1-3-24-18(21)13-4-6-15(7-5-13)20-25(22,23)16-8-9-17-14(11-16)10-12(2)19-17/h4-11,19-20H,3H2,1-2H3. The SMILES string of the molecule is CCOC(=O)c1ccc(NS(=O)(=O)c2ccc3[nH]c(C)cc3c2)cc1. The Morgan fingerprint density at radius 2 is 1.84 bits per heavy atom. The number of carbonyl (C=O) groups is 1. The fourth-order valence-electron chi connectivity index (χ4n) is 2.53. The van der Waals surface area contributed by atoms with Gasteiger partial charge in [-0.05, 0) is 62.4 Å². The van der Waals surface area contributed by atoms with Gasteiger partial charge in [-0.2, -0.15) is 0 Å². The van der Waals surface area contributed by atoms with E-state index in [1.165, 1.54) is 24.3 Å². The molecule has 0 bridgehead atoms. The monoisotopic (exact) mass is 358 g/mol. The smallest absolute Gasteiger partial charge is 0.338 e. The summed E-state index contributed by atoms with van der Waals surface area (Å²) < 4.78 is 32.5. The van der Waals surface area contributed by atoms with Gasteiger partial charge in [0.1, 0.15) is 0 Å². The van der Waals surface area contributed by atoms with Gasteiger partial charge in [-0.25, -0.2) is 13.2 Å². The number of hydrogen-bond acceptors (Lipinski definition) is 4. The lowest BCUT2D eigenvalue weighted by Gasteiger charge is -2.09. The second-order valence-electron chi connectivity index (χ2n) is 5.60. The summed E-state index contributed by atoms with van der Waals surface area (Å²) in [5.74, 6) is -0.440. The number of fused-ring (bicyclic) bond motifs is 1. The summed E-state index contributed by atoms with van der Waals surface area (Å²) in [6, 6.07) is 12.9. The van der Waals surface area contributed by atoms with E-state index in [0.717, 1.165) is 16.6 Å². The molecule has 25 heavy (non-hydrogen) atoms. The maximum Gasteiger partial charge on any atom is 0.338 e. The van der Waals surface area contributed by atoms with Crippen molar-refractivity contribution in [2.45, 2.75) is 18.7 Å². The largest absolute Gasteiger partial charge is 0.462 e. The van der Waals surface area contributed by atoms with Gasteiger partial charge >= 0.3 is 5.97 Å². The molecule has 2 N–H and O–H groups in total. The van der Waals surface area contributed by atoms with Gasteiger partial charge < -0.3 is 9.72 Å². The molecule has 2 aromatic carbocycles. The molecule has 0 radical (unpaired) electrons. The molecular weight excluding hydrogens is 340 g/mol. The highest BCUT2D eigenvalue weighted by Crippen LogP contribution is 2.22. The molecule has 0 fully saturated rings. The van der Waals surface area contributed by atoms with Crippen molar-refractivity contribution in [1.82, 2.24) is 4.98 Å². The minimum Gasteiger partial charge on any atom is -0.462 e. The fraction of sp³-hybridized carbons (Fsp3) is 0.167. The summed E-state index contributed by atoms with van der Waals surface area (Å²) in [5.41, 5.74) is 2.59. The lowest BCUT2D eigenvalue weighted by molar-refractivity contribution is 0.0526. The third kappa shape index (κ3) is 3.66. The predicted molar refractivity (Wildman–Crippen MR) is 96.2 cm³/mol. The molecule has 0 aliphatic rings. The molecule has 0 atom stereocenters. The first-order valence-corrected chi connectivity index (χ1v) is 9.27. The summed E-state index contributed by atoms with van der Waals surface area (Å²) in [7, 11) is -3.72. The van der Waals surface area contributed by atoms with Gasteiger partial charge in [0.2, 0.25) is 0 Å². The topological polar surface area (TPSA) is 88.3 Å². The number of aromatic nitrogens is 1. The first-order valence-electron chi connectivity index (χ1n) is 7.78. The van der Waals surface area contributed by atoms with Crippen LogP contribution in [-0.2, 0) is 14.8 Å².